The molecule has 1 aliphatic rings. The fraction of sp³-hybridized carbons (Fsp3) is 0.304. The first-order valence-electron chi connectivity index (χ1n) is 10.1. The van der Waals surface area contributed by atoms with Crippen molar-refractivity contribution in [1.29, 1.82) is 0 Å². The number of ether oxygens (including phenoxy) is 4. The van der Waals surface area contributed by atoms with E-state index < -0.39 is 28.4 Å². The SMILES string of the molecule is COc1ccc(OC)c(C(=O)COC(=O)/C=C/c2ccc(S(=O)(=O)N3CCOCC3)cc2)c1. The van der Waals surface area contributed by atoms with Crippen LogP contribution < -0.4 is 9.47 Å². The number of benzene rings is 2. The van der Waals surface area contributed by atoms with Gasteiger partial charge in [-0.2, -0.15) is 4.31 Å². The van der Waals surface area contributed by atoms with Gasteiger partial charge in [0.1, 0.15) is 11.5 Å². The fourth-order valence-corrected chi connectivity index (χ4v) is 4.55. The van der Waals surface area contributed by atoms with Crippen molar-refractivity contribution in [3.05, 3.63) is 59.7 Å². The van der Waals surface area contributed by atoms with Crippen molar-refractivity contribution in [2.45, 2.75) is 4.90 Å². The smallest absolute Gasteiger partial charge is 0.331 e. The van der Waals surface area contributed by atoms with Gasteiger partial charge in [0, 0.05) is 19.2 Å². The number of hydrogen-bond acceptors (Lipinski definition) is 8. The number of methoxy groups -OCH3 is 2. The molecule has 2 aromatic carbocycles. The molecule has 0 atom stereocenters. The first-order chi connectivity index (χ1) is 15.8. The summed E-state index contributed by atoms with van der Waals surface area (Å²) in [7, 11) is -0.672. The minimum absolute atomic E-state index is 0.168. The predicted molar refractivity (Wildman–Crippen MR) is 120 cm³/mol. The summed E-state index contributed by atoms with van der Waals surface area (Å²) in [5.41, 5.74) is 0.847. The molecule has 33 heavy (non-hydrogen) atoms. The Morgan fingerprint density at radius 1 is 1.03 bits per heavy atom. The Bertz CT molecular complexity index is 1120. The largest absolute Gasteiger partial charge is 0.497 e. The van der Waals surface area contributed by atoms with Gasteiger partial charge in [-0.25, -0.2) is 13.2 Å². The van der Waals surface area contributed by atoms with Gasteiger partial charge >= 0.3 is 5.97 Å². The number of esters is 1. The van der Waals surface area contributed by atoms with Gasteiger partial charge in [0.05, 0.1) is 37.9 Å². The molecule has 0 N–H and O–H groups in total. The Morgan fingerprint density at radius 2 is 1.73 bits per heavy atom. The topological polar surface area (TPSA) is 108 Å². The summed E-state index contributed by atoms with van der Waals surface area (Å²) in [4.78, 5) is 24.6. The molecule has 1 saturated heterocycles. The molecule has 0 saturated carbocycles. The predicted octanol–water partition coefficient (Wildman–Crippen LogP) is 2.16. The highest BCUT2D eigenvalue weighted by Crippen LogP contribution is 2.24. The monoisotopic (exact) mass is 475 g/mol. The average molecular weight is 476 g/mol. The summed E-state index contributed by atoms with van der Waals surface area (Å²) in [5.74, 6) is -0.329. The minimum Gasteiger partial charge on any atom is -0.497 e. The van der Waals surface area contributed by atoms with Crippen LogP contribution in [0.2, 0.25) is 0 Å². The minimum atomic E-state index is -3.58. The second-order valence-electron chi connectivity index (χ2n) is 7.02. The number of sulfonamides is 1. The molecule has 0 aliphatic carbocycles. The first kappa shape index (κ1) is 24.4. The van der Waals surface area contributed by atoms with E-state index in [1.54, 1.807) is 24.3 Å². The maximum Gasteiger partial charge on any atom is 0.331 e. The van der Waals surface area contributed by atoms with Gasteiger partial charge in [0.15, 0.2) is 6.61 Å². The van der Waals surface area contributed by atoms with Crippen molar-refractivity contribution in [3.63, 3.8) is 0 Å². The van der Waals surface area contributed by atoms with Crippen LogP contribution in [0, 0.1) is 0 Å². The summed E-state index contributed by atoms with van der Waals surface area (Å²) >= 11 is 0. The van der Waals surface area contributed by atoms with E-state index in [1.807, 2.05) is 0 Å². The number of nitrogens with zero attached hydrogens (tertiary/aromatic N) is 1. The van der Waals surface area contributed by atoms with Gasteiger partial charge in [0.25, 0.3) is 0 Å². The molecular weight excluding hydrogens is 450 g/mol. The van der Waals surface area contributed by atoms with Gasteiger partial charge in [-0.05, 0) is 42.0 Å². The van der Waals surface area contributed by atoms with E-state index in [2.05, 4.69) is 0 Å². The fourth-order valence-electron chi connectivity index (χ4n) is 3.15. The number of morpholine rings is 1. The van der Waals surface area contributed by atoms with Crippen LogP contribution in [-0.2, 0) is 24.3 Å². The summed E-state index contributed by atoms with van der Waals surface area (Å²) in [5, 5.41) is 0. The Labute approximate surface area is 192 Å². The average Bonchev–Trinajstić information content (AvgIpc) is 2.86. The molecule has 0 unspecified atom stereocenters. The van der Waals surface area contributed by atoms with Crippen molar-refractivity contribution in [1.82, 2.24) is 4.31 Å². The van der Waals surface area contributed by atoms with Gasteiger partial charge in [-0.1, -0.05) is 12.1 Å². The molecule has 0 aromatic heterocycles. The van der Waals surface area contributed by atoms with E-state index >= 15 is 0 Å². The lowest BCUT2D eigenvalue weighted by Crippen LogP contribution is -2.40. The highest BCUT2D eigenvalue weighted by Gasteiger charge is 2.26. The standard InChI is InChI=1S/C23H25NO8S/c1-29-18-6-9-22(30-2)20(15-18)21(25)16-32-23(26)10-5-17-3-7-19(8-4-17)33(27,28)24-11-13-31-14-12-24/h3-10,15H,11-14,16H2,1-2H3/b10-5+. The van der Waals surface area contributed by atoms with Crippen LogP contribution in [0.3, 0.4) is 0 Å². The first-order valence-corrected chi connectivity index (χ1v) is 11.6. The van der Waals surface area contributed by atoms with Crippen LogP contribution in [-0.4, -0.2) is 71.6 Å². The normalized spacial score (nSPS) is 14.7. The zero-order valence-electron chi connectivity index (χ0n) is 18.4. The van der Waals surface area contributed by atoms with E-state index in [9.17, 15) is 18.0 Å². The molecule has 176 valence electrons. The van der Waals surface area contributed by atoms with Crippen LogP contribution in [0.1, 0.15) is 15.9 Å². The molecule has 1 heterocycles. The van der Waals surface area contributed by atoms with Gasteiger partial charge < -0.3 is 18.9 Å². The second-order valence-corrected chi connectivity index (χ2v) is 8.95. The molecule has 2 aromatic rings. The summed E-state index contributed by atoms with van der Waals surface area (Å²) in [6.07, 6.45) is 2.64. The lowest BCUT2D eigenvalue weighted by atomic mass is 10.1. The summed E-state index contributed by atoms with van der Waals surface area (Å²) < 4.78 is 47.2. The Morgan fingerprint density at radius 3 is 2.36 bits per heavy atom. The number of hydrogen-bond donors (Lipinski definition) is 0. The molecule has 10 heteroatoms. The van der Waals surface area contributed by atoms with E-state index in [1.165, 1.54) is 48.9 Å². The summed E-state index contributed by atoms with van der Waals surface area (Å²) in [6.45, 7) is 0.903. The molecule has 0 radical (unpaired) electrons. The zero-order chi connectivity index (χ0) is 23.8. The van der Waals surface area contributed by atoms with Crippen LogP contribution in [0.5, 0.6) is 11.5 Å². The highest BCUT2D eigenvalue weighted by molar-refractivity contribution is 7.89. The second kappa shape index (κ2) is 11.1. The lowest BCUT2D eigenvalue weighted by Gasteiger charge is -2.26. The van der Waals surface area contributed by atoms with E-state index in [0.717, 1.165) is 0 Å². The molecule has 0 spiro atoms. The summed E-state index contributed by atoms with van der Waals surface area (Å²) in [6, 6.07) is 10.9. The number of rotatable bonds is 9. The molecule has 0 amide bonds. The number of carbonyl (C=O) groups is 2. The molecular formula is C23H25NO8S. The van der Waals surface area contributed by atoms with Crippen LogP contribution >= 0.6 is 0 Å². The van der Waals surface area contributed by atoms with Crippen molar-refractivity contribution >= 4 is 27.9 Å². The molecule has 9 nitrogen and oxygen atoms in total. The Hall–Kier alpha value is -3.21. The maximum atomic E-state index is 12.6. The molecule has 1 fully saturated rings. The van der Waals surface area contributed by atoms with Crippen LogP contribution in [0.15, 0.2) is 53.4 Å². The lowest BCUT2D eigenvalue weighted by molar-refractivity contribution is -0.136. The third-order valence-electron chi connectivity index (χ3n) is 4.95. The van der Waals surface area contributed by atoms with Gasteiger partial charge in [-0.15, -0.1) is 0 Å². The number of carbonyl (C=O) groups excluding carboxylic acids is 2. The van der Waals surface area contributed by atoms with E-state index in [-0.39, 0.29) is 10.5 Å². The van der Waals surface area contributed by atoms with Crippen LogP contribution in [0.4, 0.5) is 0 Å². The quantitative estimate of drug-likeness (QED) is 0.308. The zero-order valence-corrected chi connectivity index (χ0v) is 19.2. The van der Waals surface area contributed by atoms with Gasteiger partial charge in [-0.3, -0.25) is 4.79 Å². The Kier molecular flexibility index (Phi) is 8.21. The molecule has 1 aliphatic heterocycles. The van der Waals surface area contributed by atoms with Crippen molar-refractivity contribution in [2.24, 2.45) is 0 Å². The number of Topliss-reactive ketones (excluding diaryl/α,β-unsaturated/α-hetero) is 1. The number of ketones is 1. The third-order valence-corrected chi connectivity index (χ3v) is 6.87. The van der Waals surface area contributed by atoms with E-state index in [0.29, 0.717) is 43.4 Å². The third kappa shape index (κ3) is 6.19. The van der Waals surface area contributed by atoms with Crippen molar-refractivity contribution in [3.8, 4) is 11.5 Å². The molecule has 3 rings (SSSR count). The highest BCUT2D eigenvalue weighted by atomic mass is 32.2. The van der Waals surface area contributed by atoms with Crippen molar-refractivity contribution < 1.29 is 37.0 Å². The van der Waals surface area contributed by atoms with Crippen molar-refractivity contribution in [2.75, 3.05) is 47.1 Å². The maximum absolute atomic E-state index is 12.6. The Balaban J connectivity index is 1.58. The van der Waals surface area contributed by atoms with Gasteiger partial charge in [0.2, 0.25) is 15.8 Å². The van der Waals surface area contributed by atoms with Crippen LogP contribution in [0.25, 0.3) is 6.08 Å². The molecule has 0 bridgehead atoms. The van der Waals surface area contributed by atoms with E-state index in [4.69, 9.17) is 18.9 Å².